The van der Waals surface area contributed by atoms with Gasteiger partial charge in [-0.05, 0) is 99.1 Å². The van der Waals surface area contributed by atoms with Crippen molar-refractivity contribution in [1.82, 2.24) is 9.13 Å². The summed E-state index contributed by atoms with van der Waals surface area (Å²) in [7, 11) is 0. The largest absolute Gasteiger partial charge is 0.308 e. The van der Waals surface area contributed by atoms with Crippen LogP contribution in [0.25, 0.3) is 83.2 Å². The highest BCUT2D eigenvalue weighted by Crippen LogP contribution is 2.42. The number of nitrogens with one attached hydrogen (secondary N) is 1. The van der Waals surface area contributed by atoms with E-state index in [0.29, 0.717) is 23.2 Å². The third-order valence-electron chi connectivity index (χ3n) is 11.2. The Kier molecular flexibility index (Phi) is 8.21. The first-order chi connectivity index (χ1) is 28.1. The van der Waals surface area contributed by atoms with Crippen molar-refractivity contribution in [2.24, 2.45) is 0 Å². The summed E-state index contributed by atoms with van der Waals surface area (Å²) in [6.07, 6.45) is 14.5. The van der Waals surface area contributed by atoms with Gasteiger partial charge in [-0.3, -0.25) is 0 Å². The molecule has 0 unspecified atom stereocenters. The molecule has 1 aliphatic rings. The average Bonchev–Trinajstić information content (AvgIpc) is 3.77. The molecule has 0 saturated heterocycles. The molecule has 268 valence electrons. The summed E-state index contributed by atoms with van der Waals surface area (Å²) in [6, 6.07) is 53.6. The Morgan fingerprint density at radius 1 is 0.596 bits per heavy atom. The van der Waals surface area contributed by atoms with E-state index in [9.17, 15) is 5.26 Å². The van der Waals surface area contributed by atoms with E-state index in [1.54, 1.807) is 0 Å². The molecule has 2 heterocycles. The minimum Gasteiger partial charge on any atom is -0.308 e. The lowest BCUT2D eigenvalue weighted by molar-refractivity contribution is 1.06. The van der Waals surface area contributed by atoms with E-state index in [1.807, 2.05) is 42.5 Å². The minimum absolute atomic E-state index is 0.488. The zero-order valence-corrected chi connectivity index (χ0v) is 31.2. The van der Waals surface area contributed by atoms with E-state index in [-0.39, 0.29) is 0 Å². The van der Waals surface area contributed by atoms with Crippen molar-refractivity contribution in [3.63, 3.8) is 0 Å². The van der Waals surface area contributed by atoms with Crippen LogP contribution in [0, 0.1) is 16.7 Å². The minimum atomic E-state index is 0.488. The maximum atomic E-state index is 11.4. The van der Waals surface area contributed by atoms with Crippen LogP contribution in [0.1, 0.15) is 22.4 Å². The van der Waals surface area contributed by atoms with Gasteiger partial charge in [-0.2, -0.15) is 5.26 Å². The molecule has 0 amide bonds. The molecule has 0 radical (unpaired) electrons. The molecular weight excluding hydrogens is 693 g/mol. The number of hydrogen-bond acceptors (Lipinski definition) is 2. The van der Waals surface area contributed by atoms with Crippen LogP contribution in [0.4, 0.5) is 0 Å². The number of allylic oxidation sites excluding steroid dienone is 6. The molecule has 9 aromatic rings. The number of nitriles is 1. The molecule has 4 nitrogen and oxygen atoms in total. The second-order valence-electron chi connectivity index (χ2n) is 14.5. The molecule has 0 aliphatic heterocycles. The van der Waals surface area contributed by atoms with E-state index in [0.717, 1.165) is 88.3 Å². The highest BCUT2D eigenvalue weighted by Gasteiger charge is 2.25. The van der Waals surface area contributed by atoms with Gasteiger partial charge in [0.25, 0.3) is 0 Å². The van der Waals surface area contributed by atoms with Gasteiger partial charge in [0.2, 0.25) is 0 Å². The molecule has 4 heteroatoms. The van der Waals surface area contributed by atoms with Crippen molar-refractivity contribution in [3.05, 3.63) is 211 Å². The molecule has 1 N–H and O–H groups in total. The number of rotatable bonds is 5. The fourth-order valence-electron chi connectivity index (χ4n) is 8.61. The zero-order valence-electron chi connectivity index (χ0n) is 31.2. The lowest BCUT2D eigenvalue weighted by Gasteiger charge is -2.19. The Labute approximate surface area is 331 Å². The van der Waals surface area contributed by atoms with Gasteiger partial charge in [-0.25, -0.2) is 0 Å². The van der Waals surface area contributed by atoms with Gasteiger partial charge < -0.3 is 14.5 Å². The fourth-order valence-corrected chi connectivity index (χ4v) is 8.61. The first-order valence-electron chi connectivity index (χ1n) is 19.2. The summed E-state index contributed by atoms with van der Waals surface area (Å²) in [5, 5.41) is 25.8. The van der Waals surface area contributed by atoms with Crippen molar-refractivity contribution >= 4 is 55.8 Å². The Hall–Kier alpha value is -7.74. The van der Waals surface area contributed by atoms with Gasteiger partial charge >= 0.3 is 0 Å². The van der Waals surface area contributed by atoms with Crippen LogP contribution in [-0.2, 0) is 6.42 Å². The van der Waals surface area contributed by atoms with Crippen molar-refractivity contribution in [1.29, 1.82) is 10.7 Å². The Balaban J connectivity index is 1.31. The van der Waals surface area contributed by atoms with E-state index < -0.39 is 0 Å². The Bertz CT molecular complexity index is 3240. The van der Waals surface area contributed by atoms with Crippen LogP contribution in [0.5, 0.6) is 0 Å². The van der Waals surface area contributed by atoms with Gasteiger partial charge in [0.05, 0.1) is 33.6 Å². The number of hydrogen-bond donors (Lipinski definition) is 1. The third kappa shape index (κ3) is 5.56. The van der Waals surface area contributed by atoms with Crippen molar-refractivity contribution in [2.45, 2.75) is 6.42 Å². The number of benzene rings is 7. The molecule has 0 fully saturated rings. The predicted molar refractivity (Wildman–Crippen MR) is 239 cm³/mol. The molecule has 0 atom stereocenters. The molecule has 10 rings (SSSR count). The molecule has 0 bridgehead atoms. The lowest BCUT2D eigenvalue weighted by Crippen LogP contribution is -2.09. The molecule has 1 aliphatic carbocycles. The van der Waals surface area contributed by atoms with Gasteiger partial charge in [0.1, 0.15) is 11.6 Å². The summed E-state index contributed by atoms with van der Waals surface area (Å²) in [5.74, 6) is 0. The van der Waals surface area contributed by atoms with Gasteiger partial charge in [-0.1, -0.05) is 140 Å². The first-order valence-corrected chi connectivity index (χ1v) is 19.2. The summed E-state index contributed by atoms with van der Waals surface area (Å²) in [4.78, 5) is 0. The molecular formula is C53H36N4. The maximum absolute atomic E-state index is 11.4. The molecule has 0 saturated carbocycles. The van der Waals surface area contributed by atoms with E-state index >= 15 is 0 Å². The fraction of sp³-hybridized carbons (Fsp3) is 0.0189. The van der Waals surface area contributed by atoms with Crippen LogP contribution >= 0.6 is 0 Å². The number of aromatic nitrogens is 2. The van der Waals surface area contributed by atoms with Gasteiger partial charge in [-0.15, -0.1) is 0 Å². The molecule has 0 spiro atoms. The average molecular weight is 729 g/mol. The molecule has 57 heavy (non-hydrogen) atoms. The van der Waals surface area contributed by atoms with Gasteiger partial charge in [0.15, 0.2) is 0 Å². The standard InChI is InChI=1S/C53H36N4/c1-35-13-5-2-10-20-43-44-31-39(36-14-6-3-7-15-36)23-27-48(44)57(47(43)26-21-35)53-41(33-54)25-29-50(46(53)34-55)56-49-28-24-40(37-16-8-4-9-17-37)32-45(49)52-42-19-12-11-18-38(42)22-30-51(52)56/h2-19,21-33,54H,1,20H2/b10-2-,13-5-,26-21?,54-33?. The van der Waals surface area contributed by atoms with Crippen molar-refractivity contribution < 1.29 is 0 Å². The lowest BCUT2D eigenvalue weighted by atomic mass is 10.00. The number of nitrogens with zero attached hydrogens (tertiary/aromatic N) is 3. The quantitative estimate of drug-likeness (QED) is 0.176. The maximum Gasteiger partial charge on any atom is 0.104 e. The number of fused-ring (bicyclic) bond motifs is 8. The van der Waals surface area contributed by atoms with Crippen LogP contribution in [0.15, 0.2) is 188 Å². The highest BCUT2D eigenvalue weighted by atomic mass is 15.0. The van der Waals surface area contributed by atoms with Crippen molar-refractivity contribution in [3.8, 4) is 39.7 Å². The van der Waals surface area contributed by atoms with Crippen LogP contribution < -0.4 is 0 Å². The summed E-state index contributed by atoms with van der Waals surface area (Å²) in [5.41, 5.74) is 13.0. The predicted octanol–water partition coefficient (Wildman–Crippen LogP) is 13.3. The normalized spacial score (nSPS) is 13.8. The van der Waals surface area contributed by atoms with Crippen molar-refractivity contribution in [2.75, 3.05) is 0 Å². The SMILES string of the molecule is C=C1C=Cc2c(c3cc(-c4ccccc4)ccc3n2-c2c(C=N)ccc(-n3c4ccc(-c5ccccc5)cc4c4c5ccccc5ccc43)c2C#N)C/C=C\C=C/1. The molecule has 7 aromatic carbocycles. The first kappa shape index (κ1) is 33.8. The zero-order chi connectivity index (χ0) is 38.5. The topological polar surface area (TPSA) is 57.5 Å². The van der Waals surface area contributed by atoms with Crippen LogP contribution in [0.2, 0.25) is 0 Å². The summed E-state index contributed by atoms with van der Waals surface area (Å²) in [6.45, 7) is 4.28. The van der Waals surface area contributed by atoms with Crippen LogP contribution in [-0.4, -0.2) is 15.3 Å². The highest BCUT2D eigenvalue weighted by molar-refractivity contribution is 6.22. The summed E-state index contributed by atoms with van der Waals surface area (Å²) < 4.78 is 4.44. The Morgan fingerprint density at radius 2 is 1.26 bits per heavy atom. The van der Waals surface area contributed by atoms with E-state index in [2.05, 4.69) is 161 Å². The van der Waals surface area contributed by atoms with E-state index in [1.165, 1.54) is 6.21 Å². The second-order valence-corrected chi connectivity index (χ2v) is 14.5. The Morgan fingerprint density at radius 3 is 1.98 bits per heavy atom. The van der Waals surface area contributed by atoms with E-state index in [4.69, 9.17) is 5.41 Å². The second kappa shape index (κ2) is 13.8. The monoisotopic (exact) mass is 728 g/mol. The van der Waals surface area contributed by atoms with Gasteiger partial charge in [0, 0.05) is 27.9 Å². The third-order valence-corrected chi connectivity index (χ3v) is 11.2. The molecule has 2 aromatic heterocycles. The smallest absolute Gasteiger partial charge is 0.104 e. The summed E-state index contributed by atoms with van der Waals surface area (Å²) >= 11 is 0. The van der Waals surface area contributed by atoms with Crippen LogP contribution in [0.3, 0.4) is 0 Å².